The van der Waals surface area contributed by atoms with Gasteiger partial charge in [0.25, 0.3) is 0 Å². The van der Waals surface area contributed by atoms with Crippen molar-refractivity contribution in [1.82, 2.24) is 0 Å². The van der Waals surface area contributed by atoms with Crippen molar-refractivity contribution in [3.63, 3.8) is 0 Å². The Kier molecular flexibility index (Phi) is 4.12. The highest BCUT2D eigenvalue weighted by Gasteiger charge is 2.52. The molecule has 0 aromatic rings. The third-order valence-corrected chi connectivity index (χ3v) is 3.04. The van der Waals surface area contributed by atoms with E-state index in [4.69, 9.17) is 5.11 Å². The maximum absolute atomic E-state index is 12.3. The summed E-state index contributed by atoms with van der Waals surface area (Å²) in [5.41, 5.74) is 0. The molecule has 94 valence electrons. The van der Waals surface area contributed by atoms with Gasteiger partial charge in [-0.2, -0.15) is 13.2 Å². The maximum atomic E-state index is 12.3. The Morgan fingerprint density at radius 2 is 1.75 bits per heavy atom. The molecule has 1 aliphatic rings. The van der Waals surface area contributed by atoms with Crippen LogP contribution in [0.2, 0.25) is 0 Å². The first-order valence-electron chi connectivity index (χ1n) is 5.22. The zero-order chi connectivity index (χ0) is 12.3. The van der Waals surface area contributed by atoms with Crippen molar-refractivity contribution in [3.8, 4) is 0 Å². The second-order valence-corrected chi connectivity index (χ2v) is 4.16. The van der Waals surface area contributed by atoms with Gasteiger partial charge in [0.1, 0.15) is 0 Å². The molecule has 1 rings (SSSR count). The third kappa shape index (κ3) is 3.07. The van der Waals surface area contributed by atoms with Crippen LogP contribution in [0.5, 0.6) is 0 Å². The lowest BCUT2D eigenvalue weighted by molar-refractivity contribution is -0.555. The smallest absolute Gasteiger partial charge is 0.378 e. The highest BCUT2D eigenvalue weighted by Crippen LogP contribution is 2.34. The molecule has 1 saturated carbocycles. The number of halogens is 3. The number of rotatable bonds is 3. The van der Waals surface area contributed by atoms with E-state index in [0.717, 1.165) is 6.42 Å². The van der Waals surface area contributed by atoms with Gasteiger partial charge >= 0.3 is 6.18 Å². The van der Waals surface area contributed by atoms with Gasteiger partial charge in [-0.05, 0) is 12.8 Å². The number of nitrogens with zero attached hydrogens (tertiary/aromatic N) is 1. The van der Waals surface area contributed by atoms with Crippen molar-refractivity contribution >= 4 is 0 Å². The van der Waals surface area contributed by atoms with Crippen molar-refractivity contribution in [2.24, 2.45) is 5.92 Å². The maximum Gasteiger partial charge on any atom is 0.421 e. The second-order valence-electron chi connectivity index (χ2n) is 4.16. The minimum absolute atomic E-state index is 0.388. The summed E-state index contributed by atoms with van der Waals surface area (Å²) in [4.78, 5) is 9.64. The molecular weight excluding hydrogens is 227 g/mol. The summed E-state index contributed by atoms with van der Waals surface area (Å²) < 4.78 is 36.8. The third-order valence-electron chi connectivity index (χ3n) is 3.04. The molecule has 0 saturated heterocycles. The van der Waals surface area contributed by atoms with Crippen molar-refractivity contribution in [2.45, 2.75) is 50.4 Å². The quantitative estimate of drug-likeness (QED) is 0.608. The molecule has 0 amide bonds. The summed E-state index contributed by atoms with van der Waals surface area (Å²) in [5, 5.41) is 19.6. The average Bonchev–Trinajstić information content (AvgIpc) is 2.17. The van der Waals surface area contributed by atoms with Crippen LogP contribution >= 0.6 is 0 Å². The van der Waals surface area contributed by atoms with Crippen molar-refractivity contribution in [1.29, 1.82) is 0 Å². The molecule has 16 heavy (non-hydrogen) atoms. The zero-order valence-corrected chi connectivity index (χ0v) is 8.61. The fourth-order valence-corrected chi connectivity index (χ4v) is 2.21. The van der Waals surface area contributed by atoms with E-state index in [9.17, 15) is 23.3 Å². The second kappa shape index (κ2) is 4.99. The topological polar surface area (TPSA) is 63.4 Å². The fraction of sp³-hybridized carbons (Fsp3) is 1.00. The first-order valence-corrected chi connectivity index (χ1v) is 5.22. The van der Waals surface area contributed by atoms with Crippen LogP contribution in [0.3, 0.4) is 0 Å². The monoisotopic (exact) mass is 241 g/mol. The predicted molar refractivity (Wildman–Crippen MR) is 49.4 cm³/mol. The highest BCUT2D eigenvalue weighted by atomic mass is 19.4. The Balaban J connectivity index is 2.77. The molecule has 2 atom stereocenters. The number of nitro groups is 1. The van der Waals surface area contributed by atoms with Gasteiger partial charge in [-0.25, -0.2) is 0 Å². The van der Waals surface area contributed by atoms with Gasteiger partial charge < -0.3 is 5.11 Å². The van der Waals surface area contributed by atoms with E-state index in [2.05, 4.69) is 0 Å². The molecule has 4 nitrogen and oxygen atoms in total. The van der Waals surface area contributed by atoms with Gasteiger partial charge in [0, 0.05) is 10.8 Å². The van der Waals surface area contributed by atoms with Gasteiger partial charge in [-0.15, -0.1) is 0 Å². The van der Waals surface area contributed by atoms with Crippen LogP contribution in [0.15, 0.2) is 0 Å². The van der Waals surface area contributed by atoms with Crippen LogP contribution in [-0.4, -0.2) is 28.4 Å². The SMILES string of the molecule is O=[N+]([O-])C(C1CCCCC1)C(O)C(F)(F)F. The number of alkyl halides is 3. The first kappa shape index (κ1) is 13.2. The summed E-state index contributed by atoms with van der Waals surface area (Å²) in [5.74, 6) is -0.666. The fourth-order valence-electron chi connectivity index (χ4n) is 2.21. The lowest BCUT2D eigenvalue weighted by Gasteiger charge is -2.28. The van der Waals surface area contributed by atoms with Gasteiger partial charge in [0.15, 0.2) is 0 Å². The molecule has 0 bridgehead atoms. The molecule has 0 radical (unpaired) electrons. The lowest BCUT2D eigenvalue weighted by atomic mass is 9.82. The summed E-state index contributed by atoms with van der Waals surface area (Å²) in [6, 6.07) is -1.92. The minimum Gasteiger partial charge on any atom is -0.378 e. The van der Waals surface area contributed by atoms with Crippen molar-refractivity contribution in [3.05, 3.63) is 10.1 Å². The van der Waals surface area contributed by atoms with E-state index >= 15 is 0 Å². The number of hydrogen-bond acceptors (Lipinski definition) is 3. The molecule has 0 heterocycles. The Hall–Kier alpha value is -0.850. The molecule has 1 aliphatic carbocycles. The Bertz CT molecular complexity index is 251. The van der Waals surface area contributed by atoms with E-state index < -0.39 is 29.2 Å². The highest BCUT2D eigenvalue weighted by molar-refractivity contribution is 4.83. The van der Waals surface area contributed by atoms with E-state index in [1.807, 2.05) is 0 Å². The zero-order valence-electron chi connectivity index (χ0n) is 8.61. The average molecular weight is 241 g/mol. The molecule has 1 fully saturated rings. The van der Waals surface area contributed by atoms with Gasteiger partial charge in [-0.3, -0.25) is 10.1 Å². The van der Waals surface area contributed by atoms with Crippen molar-refractivity contribution in [2.75, 3.05) is 0 Å². The number of aliphatic hydroxyl groups excluding tert-OH is 1. The molecule has 2 unspecified atom stereocenters. The first-order chi connectivity index (χ1) is 7.34. The summed E-state index contributed by atoms with van der Waals surface area (Å²) in [6.07, 6.45) is -4.72. The normalized spacial score (nSPS) is 22.8. The summed E-state index contributed by atoms with van der Waals surface area (Å²) in [7, 11) is 0. The van der Waals surface area contributed by atoms with Crippen LogP contribution in [0.1, 0.15) is 32.1 Å². The Morgan fingerprint density at radius 3 is 2.12 bits per heavy atom. The molecule has 7 heteroatoms. The van der Waals surface area contributed by atoms with Gasteiger partial charge in [0.05, 0.1) is 0 Å². The van der Waals surface area contributed by atoms with E-state index in [0.29, 0.717) is 25.7 Å². The van der Waals surface area contributed by atoms with Crippen LogP contribution in [0, 0.1) is 16.0 Å². The molecule has 0 aromatic carbocycles. The van der Waals surface area contributed by atoms with Crippen LogP contribution < -0.4 is 0 Å². The minimum atomic E-state index is -4.92. The van der Waals surface area contributed by atoms with E-state index in [1.165, 1.54) is 0 Å². The summed E-state index contributed by atoms with van der Waals surface area (Å²) in [6.45, 7) is 0. The lowest BCUT2D eigenvalue weighted by Crippen LogP contribution is -2.48. The molecule has 0 spiro atoms. The molecular formula is C9H14F3NO3. The number of aliphatic hydroxyl groups is 1. The van der Waals surface area contributed by atoms with Gasteiger partial charge in [-0.1, -0.05) is 19.3 Å². The predicted octanol–water partition coefficient (Wildman–Crippen LogP) is 2.14. The van der Waals surface area contributed by atoms with Crippen molar-refractivity contribution < 1.29 is 23.2 Å². The molecule has 0 aromatic heterocycles. The Morgan fingerprint density at radius 1 is 1.25 bits per heavy atom. The van der Waals surface area contributed by atoms with E-state index in [-0.39, 0.29) is 0 Å². The van der Waals surface area contributed by atoms with Crippen LogP contribution in [0.25, 0.3) is 0 Å². The number of hydrogen-bond donors (Lipinski definition) is 1. The van der Waals surface area contributed by atoms with Gasteiger partial charge in [0.2, 0.25) is 12.1 Å². The Labute approximate surface area is 90.6 Å². The largest absolute Gasteiger partial charge is 0.421 e. The summed E-state index contributed by atoms with van der Waals surface area (Å²) >= 11 is 0. The van der Waals surface area contributed by atoms with E-state index in [1.54, 1.807) is 0 Å². The van der Waals surface area contributed by atoms with Crippen LogP contribution in [0.4, 0.5) is 13.2 Å². The molecule has 1 N–H and O–H groups in total. The standard InChI is InChI=1S/C9H14F3NO3/c10-9(11,12)8(14)7(13(15)16)6-4-2-1-3-5-6/h6-8,14H,1-5H2. The van der Waals surface area contributed by atoms with Crippen LogP contribution in [-0.2, 0) is 0 Å². The molecule has 0 aliphatic heterocycles.